The highest BCUT2D eigenvalue weighted by Gasteiger charge is 2.25. The number of rotatable bonds is 5. The summed E-state index contributed by atoms with van der Waals surface area (Å²) in [5, 5.41) is 3.39. The van der Waals surface area contributed by atoms with Crippen LogP contribution in [0.5, 0.6) is 0 Å². The smallest absolute Gasteiger partial charge is 0.203 e. The van der Waals surface area contributed by atoms with Crippen molar-refractivity contribution in [3.63, 3.8) is 0 Å². The van der Waals surface area contributed by atoms with E-state index in [4.69, 9.17) is 0 Å². The van der Waals surface area contributed by atoms with Gasteiger partial charge < -0.3 is 9.88 Å². The van der Waals surface area contributed by atoms with Crippen LogP contribution < -0.4 is 5.32 Å². The minimum absolute atomic E-state index is 0.716. The molecule has 14 heavy (non-hydrogen) atoms. The summed E-state index contributed by atoms with van der Waals surface area (Å²) >= 11 is 1.86. The SMILES string of the molecule is CSCCNc1nc(C)cn1C1CC1. The first-order valence-corrected chi connectivity index (χ1v) is 6.49. The molecule has 78 valence electrons. The van der Waals surface area contributed by atoms with E-state index >= 15 is 0 Å². The minimum Gasteiger partial charge on any atom is -0.355 e. The highest BCUT2D eigenvalue weighted by Crippen LogP contribution is 2.37. The van der Waals surface area contributed by atoms with Gasteiger partial charge in [-0.2, -0.15) is 11.8 Å². The number of aromatic nitrogens is 2. The van der Waals surface area contributed by atoms with E-state index in [0.717, 1.165) is 23.9 Å². The van der Waals surface area contributed by atoms with Crippen LogP contribution in [0.3, 0.4) is 0 Å². The summed E-state index contributed by atoms with van der Waals surface area (Å²) in [4.78, 5) is 4.49. The quantitative estimate of drug-likeness (QED) is 0.758. The van der Waals surface area contributed by atoms with Crippen LogP contribution in [0.25, 0.3) is 0 Å². The fraction of sp³-hybridized carbons (Fsp3) is 0.700. The van der Waals surface area contributed by atoms with Gasteiger partial charge in [0.1, 0.15) is 0 Å². The van der Waals surface area contributed by atoms with Crippen molar-refractivity contribution in [3.05, 3.63) is 11.9 Å². The second-order valence-corrected chi connectivity index (χ2v) is 4.75. The fourth-order valence-electron chi connectivity index (χ4n) is 1.54. The standard InChI is InChI=1S/C10H17N3S/c1-8-7-13(9-3-4-9)10(12-8)11-5-6-14-2/h7,9H,3-6H2,1-2H3,(H,11,12). The molecule has 0 spiro atoms. The molecule has 2 rings (SSSR count). The first-order valence-electron chi connectivity index (χ1n) is 5.09. The number of anilines is 1. The van der Waals surface area contributed by atoms with E-state index in [2.05, 4.69) is 34.2 Å². The first-order chi connectivity index (χ1) is 6.81. The minimum atomic E-state index is 0.716. The Morgan fingerprint density at radius 1 is 1.64 bits per heavy atom. The molecule has 0 aliphatic heterocycles. The summed E-state index contributed by atoms with van der Waals surface area (Å²) in [7, 11) is 0. The van der Waals surface area contributed by atoms with Crippen molar-refractivity contribution < 1.29 is 0 Å². The lowest BCUT2D eigenvalue weighted by Crippen LogP contribution is -2.09. The van der Waals surface area contributed by atoms with Crippen molar-refractivity contribution in [2.24, 2.45) is 0 Å². The van der Waals surface area contributed by atoms with E-state index in [9.17, 15) is 0 Å². The summed E-state index contributed by atoms with van der Waals surface area (Å²) in [6.45, 7) is 3.06. The molecule has 1 fully saturated rings. The number of imidazole rings is 1. The number of hydrogen-bond acceptors (Lipinski definition) is 3. The molecule has 0 amide bonds. The lowest BCUT2D eigenvalue weighted by Gasteiger charge is -2.07. The highest BCUT2D eigenvalue weighted by molar-refractivity contribution is 7.98. The molecule has 3 nitrogen and oxygen atoms in total. The second-order valence-electron chi connectivity index (χ2n) is 3.76. The Hall–Kier alpha value is -0.640. The molecule has 0 saturated heterocycles. The van der Waals surface area contributed by atoms with E-state index in [-0.39, 0.29) is 0 Å². The van der Waals surface area contributed by atoms with Crippen LogP contribution >= 0.6 is 11.8 Å². The number of nitrogens with zero attached hydrogens (tertiary/aromatic N) is 2. The van der Waals surface area contributed by atoms with Gasteiger partial charge in [-0.15, -0.1) is 0 Å². The average molecular weight is 211 g/mol. The molecule has 1 N–H and O–H groups in total. The van der Waals surface area contributed by atoms with Crippen LogP contribution in [0, 0.1) is 6.92 Å². The monoisotopic (exact) mass is 211 g/mol. The first kappa shape index (κ1) is 9.90. The summed E-state index contributed by atoms with van der Waals surface area (Å²) in [6.07, 6.45) is 6.90. The van der Waals surface area contributed by atoms with Gasteiger partial charge in [-0.1, -0.05) is 0 Å². The Morgan fingerprint density at radius 3 is 3.07 bits per heavy atom. The van der Waals surface area contributed by atoms with Crippen molar-refractivity contribution in [1.82, 2.24) is 9.55 Å². The zero-order valence-corrected chi connectivity index (χ0v) is 9.60. The van der Waals surface area contributed by atoms with Gasteiger partial charge in [0.15, 0.2) is 0 Å². The predicted octanol–water partition coefficient (Wildman–Crippen LogP) is 2.30. The van der Waals surface area contributed by atoms with E-state index in [1.54, 1.807) is 0 Å². The van der Waals surface area contributed by atoms with Gasteiger partial charge in [0.25, 0.3) is 0 Å². The van der Waals surface area contributed by atoms with Crippen LogP contribution in [0.4, 0.5) is 5.95 Å². The van der Waals surface area contributed by atoms with Crippen LogP contribution in [-0.2, 0) is 0 Å². The van der Waals surface area contributed by atoms with Crippen LogP contribution in [0.2, 0.25) is 0 Å². The molecule has 0 bridgehead atoms. The molecule has 0 radical (unpaired) electrons. The fourth-order valence-corrected chi connectivity index (χ4v) is 1.85. The Labute approximate surface area is 89.3 Å². The van der Waals surface area contributed by atoms with E-state index in [1.165, 1.54) is 12.8 Å². The Kier molecular flexibility index (Phi) is 3.01. The van der Waals surface area contributed by atoms with E-state index in [1.807, 2.05) is 11.8 Å². The summed E-state index contributed by atoms with van der Waals surface area (Å²) in [6, 6.07) is 0.716. The maximum atomic E-state index is 4.49. The predicted molar refractivity (Wildman–Crippen MR) is 62.1 cm³/mol. The molecule has 1 aliphatic rings. The molecule has 1 aromatic heterocycles. The molecule has 0 aromatic carbocycles. The largest absolute Gasteiger partial charge is 0.355 e. The Morgan fingerprint density at radius 2 is 2.43 bits per heavy atom. The van der Waals surface area contributed by atoms with E-state index < -0.39 is 0 Å². The summed E-state index contributed by atoms with van der Waals surface area (Å²) < 4.78 is 2.29. The normalized spacial score (nSPS) is 15.9. The van der Waals surface area contributed by atoms with Gasteiger partial charge in [0.2, 0.25) is 5.95 Å². The van der Waals surface area contributed by atoms with E-state index in [0.29, 0.717) is 6.04 Å². The third-order valence-electron chi connectivity index (χ3n) is 2.38. The molecular weight excluding hydrogens is 194 g/mol. The van der Waals surface area contributed by atoms with Crippen LogP contribution in [0.1, 0.15) is 24.6 Å². The van der Waals surface area contributed by atoms with Crippen molar-refractivity contribution in [2.45, 2.75) is 25.8 Å². The van der Waals surface area contributed by atoms with Crippen LogP contribution in [-0.4, -0.2) is 28.1 Å². The molecule has 1 heterocycles. The van der Waals surface area contributed by atoms with Gasteiger partial charge in [0.05, 0.1) is 5.69 Å². The second kappa shape index (κ2) is 4.26. The lowest BCUT2D eigenvalue weighted by molar-refractivity contribution is 0.745. The number of hydrogen-bond donors (Lipinski definition) is 1. The summed E-state index contributed by atoms with van der Waals surface area (Å²) in [5.41, 5.74) is 1.11. The maximum Gasteiger partial charge on any atom is 0.203 e. The third kappa shape index (κ3) is 2.23. The lowest BCUT2D eigenvalue weighted by atomic mass is 10.5. The van der Waals surface area contributed by atoms with Gasteiger partial charge >= 0.3 is 0 Å². The zero-order chi connectivity index (χ0) is 9.97. The average Bonchev–Trinajstić information content (AvgIpc) is 2.92. The molecule has 1 saturated carbocycles. The Bertz CT molecular complexity index is 304. The van der Waals surface area contributed by atoms with Gasteiger partial charge in [-0.25, -0.2) is 4.98 Å². The topological polar surface area (TPSA) is 29.9 Å². The molecule has 1 aromatic rings. The van der Waals surface area contributed by atoms with Crippen molar-refractivity contribution in [2.75, 3.05) is 23.9 Å². The van der Waals surface area contributed by atoms with Crippen LogP contribution in [0.15, 0.2) is 6.20 Å². The van der Waals surface area contributed by atoms with Gasteiger partial charge in [-0.05, 0) is 26.0 Å². The van der Waals surface area contributed by atoms with Crippen molar-refractivity contribution >= 4 is 17.7 Å². The molecular formula is C10H17N3S. The molecule has 0 atom stereocenters. The van der Waals surface area contributed by atoms with Crippen molar-refractivity contribution in [3.8, 4) is 0 Å². The maximum absolute atomic E-state index is 4.49. The Balaban J connectivity index is 1.99. The van der Waals surface area contributed by atoms with Crippen molar-refractivity contribution in [1.29, 1.82) is 0 Å². The highest BCUT2D eigenvalue weighted by atomic mass is 32.2. The summed E-state index contributed by atoms with van der Waals surface area (Å²) in [5.74, 6) is 2.19. The van der Waals surface area contributed by atoms with Gasteiger partial charge in [0, 0.05) is 24.5 Å². The zero-order valence-electron chi connectivity index (χ0n) is 8.79. The number of thioether (sulfide) groups is 1. The third-order valence-corrected chi connectivity index (χ3v) is 2.99. The number of nitrogens with one attached hydrogen (secondary N) is 1. The van der Waals surface area contributed by atoms with Gasteiger partial charge in [-0.3, -0.25) is 0 Å². The molecule has 4 heteroatoms. The molecule has 1 aliphatic carbocycles. The molecule has 0 unspecified atom stereocenters. The number of aryl methyl sites for hydroxylation is 1.